The molecule has 6 N–H and O–H groups in total. The van der Waals surface area contributed by atoms with Gasteiger partial charge in [-0.25, -0.2) is 0 Å². The molecule has 2 aromatic carbocycles. The van der Waals surface area contributed by atoms with Gasteiger partial charge < -0.3 is 22.1 Å². The molecule has 2 rings (SSSR count). The third-order valence-electron chi connectivity index (χ3n) is 3.24. The van der Waals surface area contributed by atoms with Crippen molar-refractivity contribution >= 4 is 34.4 Å². The first-order chi connectivity index (χ1) is 12.8. The Bertz CT molecular complexity index is 860. The number of benzene rings is 2. The van der Waals surface area contributed by atoms with E-state index in [1.807, 2.05) is 0 Å². The summed E-state index contributed by atoms with van der Waals surface area (Å²) in [5.41, 5.74) is 12.6. The van der Waals surface area contributed by atoms with Crippen LogP contribution in [0.2, 0.25) is 0 Å². The number of nitrogens with zero attached hydrogens (tertiary/aromatic N) is 2. The Morgan fingerprint density at radius 2 is 1.26 bits per heavy atom. The van der Waals surface area contributed by atoms with Gasteiger partial charge >= 0.3 is 10.9 Å². The molecule has 0 spiro atoms. The molecule has 0 aromatic heterocycles. The molecule has 0 atom stereocenters. The van der Waals surface area contributed by atoms with Crippen LogP contribution in [0.1, 0.15) is 0 Å². The van der Waals surface area contributed by atoms with Crippen molar-refractivity contribution in [2.45, 2.75) is 0 Å². The van der Waals surface area contributed by atoms with Gasteiger partial charge in [-0.3, -0.25) is 20.2 Å². The van der Waals surface area contributed by atoms with Crippen LogP contribution in [0.4, 0.5) is 22.7 Å². The van der Waals surface area contributed by atoms with Gasteiger partial charge in [-0.1, -0.05) is 0 Å². The predicted molar refractivity (Wildman–Crippen MR) is 104 cm³/mol. The minimum atomic E-state index is -0.935. The number of anilines is 4. The van der Waals surface area contributed by atoms with Gasteiger partial charge in [0.2, 0.25) is 0 Å². The van der Waals surface area contributed by atoms with Crippen LogP contribution in [0.15, 0.2) is 71.3 Å². The molecule has 0 bridgehead atoms. The van der Waals surface area contributed by atoms with Crippen molar-refractivity contribution in [2.24, 2.45) is 0 Å². The maximum Gasteiger partial charge on any atom is 0.344 e. The third kappa shape index (κ3) is 5.61. The molecule has 0 saturated heterocycles. The fourth-order valence-corrected chi connectivity index (χ4v) is 2.07. The fourth-order valence-electron chi connectivity index (χ4n) is 1.96. The van der Waals surface area contributed by atoms with Crippen molar-refractivity contribution in [1.29, 1.82) is 0 Å². The van der Waals surface area contributed by atoms with E-state index in [1.54, 1.807) is 48.5 Å². The van der Waals surface area contributed by atoms with Gasteiger partial charge in [0.25, 0.3) is 0 Å². The number of allylic oxidation sites excluding steroid dienone is 1. The second-order valence-electron chi connectivity index (χ2n) is 5.24. The van der Waals surface area contributed by atoms with Gasteiger partial charge in [0.05, 0.1) is 9.85 Å². The molecule has 0 aliphatic rings. The molecule has 0 unspecified atom stereocenters. The lowest BCUT2D eigenvalue weighted by atomic mass is 10.2. The SMILES string of the molecule is Nc1ccc(NC(Nc2ccc(N)cc2)=C(/C=C(/Cl)[N+](=O)[O-])[N+](=O)[O-])cc1. The van der Waals surface area contributed by atoms with Crippen molar-refractivity contribution in [3.63, 3.8) is 0 Å². The van der Waals surface area contributed by atoms with Crippen LogP contribution in [-0.4, -0.2) is 9.85 Å². The molecule has 0 aliphatic carbocycles. The highest BCUT2D eigenvalue weighted by molar-refractivity contribution is 6.28. The Kier molecular flexibility index (Phi) is 6.18. The third-order valence-corrected chi connectivity index (χ3v) is 3.49. The average Bonchev–Trinajstić information content (AvgIpc) is 2.62. The molecule has 27 heavy (non-hydrogen) atoms. The normalized spacial score (nSPS) is 10.8. The monoisotopic (exact) mass is 390 g/mol. The molecule has 0 amide bonds. The quantitative estimate of drug-likeness (QED) is 0.184. The highest BCUT2D eigenvalue weighted by Crippen LogP contribution is 2.21. The van der Waals surface area contributed by atoms with E-state index in [2.05, 4.69) is 10.6 Å². The largest absolute Gasteiger partial charge is 0.399 e. The van der Waals surface area contributed by atoms with E-state index in [4.69, 9.17) is 23.1 Å². The van der Waals surface area contributed by atoms with Gasteiger partial charge in [-0.15, -0.1) is 0 Å². The zero-order chi connectivity index (χ0) is 20.0. The van der Waals surface area contributed by atoms with E-state index < -0.39 is 20.7 Å². The molecule has 0 saturated carbocycles. The molecule has 140 valence electrons. The lowest BCUT2D eigenvalue weighted by molar-refractivity contribution is -0.428. The summed E-state index contributed by atoms with van der Waals surface area (Å²) in [5.74, 6) is -0.130. The highest BCUT2D eigenvalue weighted by atomic mass is 35.5. The summed E-state index contributed by atoms with van der Waals surface area (Å²) < 4.78 is 0. The second-order valence-corrected chi connectivity index (χ2v) is 5.62. The molecule has 0 heterocycles. The van der Waals surface area contributed by atoms with Crippen LogP contribution < -0.4 is 22.1 Å². The molecule has 0 radical (unpaired) electrons. The first kappa shape index (κ1) is 19.5. The number of nitrogens with one attached hydrogen (secondary N) is 2. The summed E-state index contributed by atoms with van der Waals surface area (Å²) in [6, 6.07) is 12.7. The summed E-state index contributed by atoms with van der Waals surface area (Å²) in [7, 11) is 0. The fraction of sp³-hybridized carbons (Fsp3) is 0. The lowest BCUT2D eigenvalue weighted by Crippen LogP contribution is -2.16. The Balaban J connectivity index is 2.51. The zero-order valence-electron chi connectivity index (χ0n) is 13.8. The van der Waals surface area contributed by atoms with Crippen molar-refractivity contribution < 1.29 is 9.85 Å². The van der Waals surface area contributed by atoms with Crippen molar-refractivity contribution in [1.82, 2.24) is 0 Å². The molecule has 2 aromatic rings. The molecular weight excluding hydrogens is 376 g/mol. The average molecular weight is 391 g/mol. The second kappa shape index (κ2) is 8.54. The van der Waals surface area contributed by atoms with Crippen molar-refractivity contribution in [2.75, 3.05) is 22.1 Å². The lowest BCUT2D eigenvalue weighted by Gasteiger charge is -2.14. The Morgan fingerprint density at radius 3 is 1.59 bits per heavy atom. The summed E-state index contributed by atoms with van der Waals surface area (Å²) >= 11 is 5.48. The van der Waals surface area contributed by atoms with E-state index in [-0.39, 0.29) is 5.82 Å². The Labute approximate surface area is 158 Å². The Morgan fingerprint density at radius 1 is 0.852 bits per heavy atom. The number of nitro groups is 2. The smallest absolute Gasteiger partial charge is 0.344 e. The van der Waals surface area contributed by atoms with E-state index in [1.165, 1.54) is 0 Å². The number of hydrogen-bond donors (Lipinski definition) is 4. The molecular formula is C16H15ClN6O4. The molecule has 11 heteroatoms. The van der Waals surface area contributed by atoms with Crippen LogP contribution in [0, 0.1) is 20.2 Å². The summed E-state index contributed by atoms with van der Waals surface area (Å²) in [6.45, 7) is 0. The number of nitrogens with two attached hydrogens (primary N) is 2. The first-order valence-electron chi connectivity index (χ1n) is 7.41. The summed E-state index contributed by atoms with van der Waals surface area (Å²) in [5, 5.41) is 27.0. The maximum absolute atomic E-state index is 11.5. The van der Waals surface area contributed by atoms with Gasteiger partial charge in [0.15, 0.2) is 5.82 Å². The number of rotatable bonds is 7. The first-order valence-corrected chi connectivity index (χ1v) is 7.79. The van der Waals surface area contributed by atoms with E-state index >= 15 is 0 Å². The van der Waals surface area contributed by atoms with Crippen molar-refractivity contribution in [3.05, 3.63) is 91.5 Å². The van der Waals surface area contributed by atoms with Gasteiger partial charge in [-0.2, -0.15) is 0 Å². The van der Waals surface area contributed by atoms with Crippen LogP contribution >= 0.6 is 11.6 Å². The predicted octanol–water partition coefficient (Wildman–Crippen LogP) is 3.18. The van der Waals surface area contributed by atoms with Gasteiger partial charge in [0.1, 0.15) is 6.08 Å². The van der Waals surface area contributed by atoms with Gasteiger partial charge in [-0.05, 0) is 60.1 Å². The van der Waals surface area contributed by atoms with Crippen molar-refractivity contribution in [3.8, 4) is 0 Å². The van der Waals surface area contributed by atoms with E-state index in [0.717, 1.165) is 0 Å². The minimum absolute atomic E-state index is 0.130. The van der Waals surface area contributed by atoms with Crippen LogP contribution in [0.25, 0.3) is 0 Å². The zero-order valence-corrected chi connectivity index (χ0v) is 14.5. The van der Waals surface area contributed by atoms with Crippen LogP contribution in [0.3, 0.4) is 0 Å². The van der Waals surface area contributed by atoms with Crippen LogP contribution in [0.5, 0.6) is 0 Å². The minimum Gasteiger partial charge on any atom is -0.399 e. The number of hydrogen-bond acceptors (Lipinski definition) is 8. The number of halogens is 1. The molecule has 0 aliphatic heterocycles. The molecule has 10 nitrogen and oxygen atoms in total. The molecule has 0 fully saturated rings. The Hall–Kier alpha value is -3.79. The topological polar surface area (TPSA) is 162 Å². The van der Waals surface area contributed by atoms with E-state index in [0.29, 0.717) is 28.8 Å². The standard InChI is InChI=1S/C16H15ClN6O4/c17-15(23(26)27)9-14(22(24)25)16(20-12-5-1-10(18)2-6-12)21-13-7-3-11(19)4-8-13/h1-9,20-21H,18-19H2/b15-9-. The number of nitrogen functional groups attached to an aromatic ring is 2. The van der Waals surface area contributed by atoms with E-state index in [9.17, 15) is 20.2 Å². The summed E-state index contributed by atoms with van der Waals surface area (Å²) in [6.07, 6.45) is 0.644. The van der Waals surface area contributed by atoms with Gasteiger partial charge in [0, 0.05) is 22.7 Å². The summed E-state index contributed by atoms with van der Waals surface area (Å²) in [4.78, 5) is 20.5. The van der Waals surface area contributed by atoms with Crippen LogP contribution in [-0.2, 0) is 0 Å². The highest BCUT2D eigenvalue weighted by Gasteiger charge is 2.22. The maximum atomic E-state index is 11.5.